The lowest BCUT2D eigenvalue weighted by Crippen LogP contribution is -2.71. The maximum absolute atomic E-state index is 11.8. The summed E-state index contributed by atoms with van der Waals surface area (Å²) in [5, 5.41) is 143. The molecule has 5 saturated heterocycles. The molecule has 10 aliphatic rings. The van der Waals surface area contributed by atoms with E-state index in [1.54, 1.807) is 0 Å². The summed E-state index contributed by atoms with van der Waals surface area (Å²) >= 11 is 0. The fourth-order valence-electron chi connectivity index (χ4n) is 17.5. The molecular weight excluding hydrogens is 985 g/mol. The van der Waals surface area contributed by atoms with E-state index in [0.29, 0.717) is 18.8 Å². The van der Waals surface area contributed by atoms with Crippen molar-refractivity contribution < 1.29 is 104 Å². The quantitative estimate of drug-likeness (QED) is 0.0879. The number of ether oxygens (including phenoxy) is 8. The van der Waals surface area contributed by atoms with E-state index in [1.165, 1.54) is 19.8 Å². The van der Waals surface area contributed by atoms with Crippen LogP contribution in [0.5, 0.6) is 0 Å². The zero-order valence-electron chi connectivity index (χ0n) is 44.5. The minimum absolute atomic E-state index is 0.0838. The highest BCUT2D eigenvalue weighted by molar-refractivity contribution is 5.35. The molecule has 21 nitrogen and oxygen atoms in total. The van der Waals surface area contributed by atoms with E-state index in [-0.39, 0.29) is 57.5 Å². The highest BCUT2D eigenvalue weighted by atomic mass is 16.8. The maximum atomic E-state index is 11.8. The summed E-state index contributed by atoms with van der Waals surface area (Å²) in [6.07, 6.45) is -19.4. The van der Waals surface area contributed by atoms with Crippen LogP contribution >= 0.6 is 0 Å². The first-order valence-electron chi connectivity index (χ1n) is 27.7. The Labute approximate surface area is 439 Å². The van der Waals surface area contributed by atoms with Crippen molar-refractivity contribution in [1.82, 2.24) is 0 Å². The highest BCUT2D eigenvalue weighted by Gasteiger charge is 2.77. The van der Waals surface area contributed by atoms with Gasteiger partial charge in [0.25, 0.3) is 0 Å². The fourth-order valence-corrected chi connectivity index (χ4v) is 17.5. The molecule has 2 bridgehead atoms. The van der Waals surface area contributed by atoms with Gasteiger partial charge >= 0.3 is 0 Å². The number of aliphatic hydroxyl groups excluding tert-OH is 13. The second kappa shape index (κ2) is 20.1. The van der Waals surface area contributed by atoms with Gasteiger partial charge in [0.1, 0.15) is 73.2 Å². The maximum Gasteiger partial charge on any atom is 0.187 e. The summed E-state index contributed by atoms with van der Waals surface area (Å²) in [6, 6.07) is 0. The Morgan fingerprint density at radius 3 is 1.89 bits per heavy atom. The smallest absolute Gasteiger partial charge is 0.187 e. The number of hydrogen-bond donors (Lipinski definition) is 13. The van der Waals surface area contributed by atoms with Crippen LogP contribution in [0.4, 0.5) is 0 Å². The molecule has 0 aromatic heterocycles. The Bertz CT molecular complexity index is 2070. The van der Waals surface area contributed by atoms with Gasteiger partial charge in [-0.2, -0.15) is 0 Å². The van der Waals surface area contributed by atoms with Crippen LogP contribution in [-0.2, 0) is 37.9 Å². The van der Waals surface area contributed by atoms with Gasteiger partial charge in [0.15, 0.2) is 25.2 Å². The summed E-state index contributed by atoms with van der Waals surface area (Å²) in [4.78, 5) is 0. The van der Waals surface area contributed by atoms with Crippen molar-refractivity contribution >= 4 is 0 Å². The molecule has 75 heavy (non-hydrogen) atoms. The minimum atomic E-state index is -2.02. The number of aliphatic hydroxyl groups is 13. The normalized spacial score (nSPS) is 58.3. The van der Waals surface area contributed by atoms with E-state index in [1.807, 2.05) is 6.92 Å². The molecule has 1 spiro atoms. The average molecular weight is 1070 g/mol. The van der Waals surface area contributed by atoms with Crippen LogP contribution in [-0.4, -0.2) is 221 Å². The standard InChI is InChI=1S/C54H88O21/c1-24-33(58)36(61)39(64)46(69-24)74-43-28(21-56)71-47(40(65)38(43)63)73-42-25(18-26-34(59)37(62)35(60)27(20-55)70-26)45(75-44(67)41(42)66)72-32-10-11-49(4)29(50(32,5)22-57)8-12-51(6)30(49)9-13-54-31-19-48(2,3)14-16-53(31,23-68-54)17-15-52(51,54)7/h9,13,24-47,55-67H,8,10-12,14-23H2,1-7H3/t24-,25+,26-,27+,28+,29+,30?,31+,32-,33-,34+,35+,36+,37-,38+,39+,40+,41+,42+,43+,44-,45+,46-,47-,49-,50-,51+,52-,53+,54?/m0/s1. The predicted octanol–water partition coefficient (Wildman–Crippen LogP) is -0.924. The van der Waals surface area contributed by atoms with Gasteiger partial charge in [-0.25, -0.2) is 0 Å². The van der Waals surface area contributed by atoms with Crippen LogP contribution in [0, 0.1) is 56.2 Å². The van der Waals surface area contributed by atoms with E-state index >= 15 is 0 Å². The molecule has 0 amide bonds. The third kappa shape index (κ3) is 8.64. The van der Waals surface area contributed by atoms with Gasteiger partial charge in [0.2, 0.25) is 0 Å². The van der Waals surface area contributed by atoms with Crippen molar-refractivity contribution in [2.45, 2.75) is 241 Å². The summed E-state index contributed by atoms with van der Waals surface area (Å²) in [6.45, 7) is 14.5. The molecule has 2 unspecified atom stereocenters. The van der Waals surface area contributed by atoms with Gasteiger partial charge < -0.3 is 104 Å². The van der Waals surface area contributed by atoms with Crippen LogP contribution in [0.15, 0.2) is 12.2 Å². The molecular formula is C54H88O21. The molecule has 430 valence electrons. The van der Waals surface area contributed by atoms with Crippen molar-refractivity contribution in [3.63, 3.8) is 0 Å². The second-order valence-electron chi connectivity index (χ2n) is 26.6. The lowest BCUT2D eigenvalue weighted by Gasteiger charge is -2.73. The Morgan fingerprint density at radius 1 is 0.560 bits per heavy atom. The van der Waals surface area contributed by atoms with Crippen molar-refractivity contribution in [1.29, 1.82) is 0 Å². The largest absolute Gasteiger partial charge is 0.396 e. The van der Waals surface area contributed by atoms with Crippen LogP contribution in [0.2, 0.25) is 0 Å². The molecule has 5 heterocycles. The molecule has 0 aromatic carbocycles. The molecule has 0 radical (unpaired) electrons. The number of fused-ring (bicyclic) bond motifs is 4. The van der Waals surface area contributed by atoms with E-state index < -0.39 is 147 Å². The Balaban J connectivity index is 0.932. The lowest BCUT2D eigenvalue weighted by molar-refractivity contribution is -0.394. The number of hydrogen-bond acceptors (Lipinski definition) is 21. The first-order chi connectivity index (χ1) is 35.2. The van der Waals surface area contributed by atoms with Gasteiger partial charge in [-0.05, 0) is 105 Å². The van der Waals surface area contributed by atoms with Crippen molar-refractivity contribution in [2.75, 3.05) is 26.4 Å². The van der Waals surface area contributed by atoms with Gasteiger partial charge in [-0.15, -0.1) is 0 Å². The lowest BCUT2D eigenvalue weighted by atomic mass is 9.32. The second-order valence-corrected chi connectivity index (χ2v) is 26.6. The zero-order chi connectivity index (χ0) is 54.3. The van der Waals surface area contributed by atoms with E-state index in [9.17, 15) is 66.4 Å². The summed E-state index contributed by atoms with van der Waals surface area (Å²) in [7, 11) is 0. The topological polar surface area (TPSA) is 337 Å². The number of allylic oxidation sites excluding steroid dienone is 1. The predicted molar refractivity (Wildman–Crippen MR) is 259 cm³/mol. The molecule has 9 fully saturated rings. The first kappa shape index (κ1) is 57.1. The van der Waals surface area contributed by atoms with Gasteiger partial charge in [0, 0.05) is 22.7 Å². The van der Waals surface area contributed by atoms with Crippen molar-refractivity contribution in [3.05, 3.63) is 12.2 Å². The Kier molecular flexibility index (Phi) is 15.3. The first-order valence-corrected chi connectivity index (χ1v) is 27.7. The molecule has 10 rings (SSSR count). The Morgan fingerprint density at radius 2 is 1.20 bits per heavy atom. The molecule has 30 atom stereocenters. The van der Waals surface area contributed by atoms with Crippen molar-refractivity contribution in [3.8, 4) is 0 Å². The van der Waals surface area contributed by atoms with E-state index in [0.717, 1.165) is 38.7 Å². The van der Waals surface area contributed by atoms with Crippen LogP contribution < -0.4 is 0 Å². The summed E-state index contributed by atoms with van der Waals surface area (Å²) < 4.78 is 49.9. The molecule has 0 aromatic rings. The van der Waals surface area contributed by atoms with Crippen molar-refractivity contribution in [2.24, 2.45) is 56.2 Å². The molecule has 21 heteroatoms. The minimum Gasteiger partial charge on any atom is -0.396 e. The highest BCUT2D eigenvalue weighted by Crippen LogP contribution is 2.79. The van der Waals surface area contributed by atoms with Crippen LogP contribution in [0.3, 0.4) is 0 Å². The van der Waals surface area contributed by atoms with E-state index in [2.05, 4.69) is 46.8 Å². The van der Waals surface area contributed by atoms with Gasteiger partial charge in [-0.1, -0.05) is 53.7 Å². The zero-order valence-corrected chi connectivity index (χ0v) is 44.5. The molecule has 4 saturated carbocycles. The van der Waals surface area contributed by atoms with Gasteiger partial charge in [-0.3, -0.25) is 0 Å². The fraction of sp³-hybridized carbons (Fsp3) is 0.963. The van der Waals surface area contributed by atoms with E-state index in [4.69, 9.17) is 37.9 Å². The van der Waals surface area contributed by atoms with Crippen LogP contribution in [0.25, 0.3) is 0 Å². The molecule has 5 aliphatic carbocycles. The van der Waals surface area contributed by atoms with Crippen LogP contribution in [0.1, 0.15) is 113 Å². The third-order valence-electron chi connectivity index (χ3n) is 22.3. The summed E-state index contributed by atoms with van der Waals surface area (Å²) in [5.41, 5.74) is -1.46. The Hall–Kier alpha value is -1.10. The molecule has 5 aliphatic heterocycles. The number of rotatable bonds is 11. The van der Waals surface area contributed by atoms with Gasteiger partial charge in [0.05, 0.1) is 56.4 Å². The summed E-state index contributed by atoms with van der Waals surface area (Å²) in [5.74, 6) is -0.816. The molecule has 13 N–H and O–H groups in total. The average Bonchev–Trinajstić information content (AvgIpc) is 3.61. The SMILES string of the molecule is C[C@@H]1O[C@@H](O[C@H]2[C@H](O)[C@@H](O)[C@H](O[C@H]3[C@@H](O)[C@@H](O)O[C@@H](O[C@H]4CC[C@]5(C)C6C=CC78OC[C@@]9(CCC(C)(C)C[C@@H]79)CC[C@@]8(C)[C@]6(C)CC[C@H]5[C@]4(C)CO)[C@@H]3C[C@@H]3O[C@H](CO)[C@@H](O)[C@@H](O)[C@@H]3O)O[C@@H]2CO)[C@H](O)[C@H](O)[C@H]1O. The third-order valence-corrected chi connectivity index (χ3v) is 22.3. The monoisotopic (exact) mass is 1070 g/mol.